The number of benzene rings is 1. The maximum absolute atomic E-state index is 14.3. The third kappa shape index (κ3) is 3.67. The Labute approximate surface area is 183 Å². The molecule has 2 saturated heterocycles. The van der Waals surface area contributed by atoms with Crippen molar-refractivity contribution < 1.29 is 17.6 Å². The molecule has 2 atom stereocenters. The summed E-state index contributed by atoms with van der Waals surface area (Å²) in [6, 6.07) is 6.75. The minimum Gasteiger partial charge on any atom is -0.360 e. The number of amides is 1. The Morgan fingerprint density at radius 1 is 1.19 bits per heavy atom. The molecule has 0 unspecified atom stereocenters. The molecule has 0 spiro atoms. The van der Waals surface area contributed by atoms with E-state index in [1.165, 1.54) is 17.5 Å². The van der Waals surface area contributed by atoms with Crippen LogP contribution in [-0.4, -0.2) is 60.1 Å². The van der Waals surface area contributed by atoms with Crippen molar-refractivity contribution in [3.8, 4) is 0 Å². The summed E-state index contributed by atoms with van der Waals surface area (Å²) in [5.41, 5.74) is 2.79. The standard InChI is InChI=1S/C21H21FN4O3S2/c22-16-10-23-8-6-18(16)26-14-4-5-15(26)12-25(11-14)20(27)7-9-31(28,29)19-3-1-2-17-21(19)30-13-24-17/h1-3,6,8,10,13-15H,4-5,7,9,11-12H2/t14-,15+. The lowest BCUT2D eigenvalue weighted by Gasteiger charge is -2.42. The van der Waals surface area contributed by atoms with Gasteiger partial charge in [0.2, 0.25) is 5.91 Å². The van der Waals surface area contributed by atoms with Crippen molar-refractivity contribution in [2.45, 2.75) is 36.2 Å². The number of aromatic nitrogens is 2. The summed E-state index contributed by atoms with van der Waals surface area (Å²) in [5, 5.41) is 0. The Hall–Kier alpha value is -2.59. The highest BCUT2D eigenvalue weighted by Gasteiger charge is 2.42. The maximum atomic E-state index is 14.3. The molecule has 2 aromatic heterocycles. The first-order valence-corrected chi connectivity index (χ1v) is 12.7. The van der Waals surface area contributed by atoms with Crippen molar-refractivity contribution in [1.82, 2.24) is 14.9 Å². The predicted octanol–water partition coefficient (Wildman–Crippen LogP) is 2.87. The van der Waals surface area contributed by atoms with E-state index in [9.17, 15) is 17.6 Å². The van der Waals surface area contributed by atoms with Crippen LogP contribution < -0.4 is 4.90 Å². The van der Waals surface area contributed by atoms with Crippen LogP contribution in [0.3, 0.4) is 0 Å². The molecule has 0 radical (unpaired) electrons. The number of hydrogen-bond acceptors (Lipinski definition) is 7. The van der Waals surface area contributed by atoms with E-state index in [2.05, 4.69) is 14.9 Å². The third-order valence-corrected chi connectivity index (χ3v) is 8.86. The van der Waals surface area contributed by atoms with Crippen LogP contribution in [0.5, 0.6) is 0 Å². The number of piperazine rings is 1. The summed E-state index contributed by atoms with van der Waals surface area (Å²) in [4.78, 5) is 24.9. The smallest absolute Gasteiger partial charge is 0.223 e. The summed E-state index contributed by atoms with van der Waals surface area (Å²) < 4.78 is 40.7. The lowest BCUT2D eigenvalue weighted by molar-refractivity contribution is -0.131. The summed E-state index contributed by atoms with van der Waals surface area (Å²) in [5.74, 6) is -0.772. The van der Waals surface area contributed by atoms with Crippen LogP contribution in [0.2, 0.25) is 0 Å². The van der Waals surface area contributed by atoms with Gasteiger partial charge in [0.15, 0.2) is 15.7 Å². The molecule has 2 bridgehead atoms. The quantitative estimate of drug-likeness (QED) is 0.582. The second-order valence-electron chi connectivity index (χ2n) is 7.94. The molecule has 0 aliphatic carbocycles. The molecule has 2 aliphatic rings. The van der Waals surface area contributed by atoms with Crippen LogP contribution in [0.15, 0.2) is 47.1 Å². The van der Waals surface area contributed by atoms with Gasteiger partial charge < -0.3 is 9.80 Å². The highest BCUT2D eigenvalue weighted by molar-refractivity contribution is 7.91. The lowest BCUT2D eigenvalue weighted by Crippen LogP contribution is -2.55. The largest absolute Gasteiger partial charge is 0.360 e. The number of thiazole rings is 1. The van der Waals surface area contributed by atoms with Crippen LogP contribution in [0.25, 0.3) is 10.2 Å². The zero-order valence-corrected chi connectivity index (χ0v) is 18.3. The Balaban J connectivity index is 1.27. The fourth-order valence-electron chi connectivity index (χ4n) is 4.67. The molecule has 31 heavy (non-hydrogen) atoms. The number of fused-ring (bicyclic) bond motifs is 3. The van der Waals surface area contributed by atoms with E-state index in [-0.39, 0.29) is 40.9 Å². The average molecular weight is 461 g/mol. The van der Waals surface area contributed by atoms with Gasteiger partial charge in [-0.2, -0.15) is 0 Å². The fourth-order valence-corrected chi connectivity index (χ4v) is 7.23. The van der Waals surface area contributed by atoms with Gasteiger partial charge in [-0.15, -0.1) is 11.3 Å². The zero-order valence-electron chi connectivity index (χ0n) is 16.6. The van der Waals surface area contributed by atoms with Crippen LogP contribution >= 0.6 is 11.3 Å². The molecule has 7 nitrogen and oxygen atoms in total. The van der Waals surface area contributed by atoms with Crippen LogP contribution in [0.1, 0.15) is 19.3 Å². The van der Waals surface area contributed by atoms with Crippen molar-refractivity contribution in [1.29, 1.82) is 0 Å². The van der Waals surface area contributed by atoms with E-state index in [1.807, 2.05) is 0 Å². The zero-order chi connectivity index (χ0) is 21.6. The van der Waals surface area contributed by atoms with Crippen LogP contribution in [-0.2, 0) is 14.6 Å². The molecule has 10 heteroatoms. The van der Waals surface area contributed by atoms with Gasteiger partial charge in [0.25, 0.3) is 0 Å². The molecule has 5 rings (SSSR count). The van der Waals surface area contributed by atoms with Gasteiger partial charge in [0.05, 0.1) is 38.3 Å². The molecule has 3 aromatic rings. The van der Waals surface area contributed by atoms with Crippen molar-refractivity contribution in [3.63, 3.8) is 0 Å². The second kappa shape index (κ2) is 7.83. The lowest BCUT2D eigenvalue weighted by atomic mass is 10.1. The molecule has 0 N–H and O–H groups in total. The monoisotopic (exact) mass is 460 g/mol. The van der Waals surface area contributed by atoms with Crippen LogP contribution in [0.4, 0.5) is 10.1 Å². The van der Waals surface area contributed by atoms with E-state index in [1.54, 1.807) is 40.9 Å². The maximum Gasteiger partial charge on any atom is 0.223 e. The van der Waals surface area contributed by atoms with E-state index >= 15 is 0 Å². The third-order valence-electron chi connectivity index (χ3n) is 6.10. The Kier molecular flexibility index (Phi) is 5.13. The normalized spacial score (nSPS) is 21.1. The number of anilines is 1. The molecule has 2 aliphatic heterocycles. The number of sulfone groups is 1. The van der Waals surface area contributed by atoms with Crippen molar-refractivity contribution in [2.24, 2.45) is 0 Å². The fraction of sp³-hybridized carbons (Fsp3) is 0.381. The summed E-state index contributed by atoms with van der Waals surface area (Å²) in [6.07, 6.45) is 4.47. The second-order valence-corrected chi connectivity index (χ2v) is 10.9. The molecule has 162 valence electrons. The van der Waals surface area contributed by atoms with Gasteiger partial charge in [-0.1, -0.05) is 6.07 Å². The van der Waals surface area contributed by atoms with Crippen LogP contribution in [0, 0.1) is 5.82 Å². The number of rotatable bonds is 5. The number of halogens is 1. The molecule has 1 amide bonds. The predicted molar refractivity (Wildman–Crippen MR) is 116 cm³/mol. The Morgan fingerprint density at radius 2 is 1.97 bits per heavy atom. The van der Waals surface area contributed by atoms with Gasteiger partial charge in [-0.3, -0.25) is 9.78 Å². The van der Waals surface area contributed by atoms with E-state index in [0.29, 0.717) is 29.0 Å². The van der Waals surface area contributed by atoms with Gasteiger partial charge in [0, 0.05) is 37.8 Å². The van der Waals surface area contributed by atoms with Crippen molar-refractivity contribution in [3.05, 3.63) is 48.0 Å². The van der Waals surface area contributed by atoms with Crippen molar-refractivity contribution in [2.75, 3.05) is 23.7 Å². The number of likely N-dealkylation sites (tertiary alicyclic amines) is 1. The Morgan fingerprint density at radius 3 is 2.71 bits per heavy atom. The van der Waals surface area contributed by atoms with E-state index < -0.39 is 9.84 Å². The first-order valence-electron chi connectivity index (χ1n) is 10.1. The van der Waals surface area contributed by atoms with Gasteiger partial charge >= 0.3 is 0 Å². The number of pyridine rings is 1. The van der Waals surface area contributed by atoms with Gasteiger partial charge in [0.1, 0.15) is 0 Å². The van der Waals surface area contributed by atoms with E-state index in [0.717, 1.165) is 12.8 Å². The number of hydrogen-bond donors (Lipinski definition) is 0. The summed E-state index contributed by atoms with van der Waals surface area (Å²) in [7, 11) is -3.61. The van der Waals surface area contributed by atoms with Gasteiger partial charge in [-0.05, 0) is 31.0 Å². The molecule has 2 fully saturated rings. The summed E-state index contributed by atoms with van der Waals surface area (Å²) in [6.45, 7) is 0.948. The number of nitrogens with zero attached hydrogens (tertiary/aromatic N) is 4. The highest BCUT2D eigenvalue weighted by atomic mass is 32.2. The van der Waals surface area contributed by atoms with Gasteiger partial charge in [-0.25, -0.2) is 17.8 Å². The number of carbonyl (C=O) groups excluding carboxylic acids is 1. The average Bonchev–Trinajstić information content (AvgIpc) is 3.34. The summed E-state index contributed by atoms with van der Waals surface area (Å²) >= 11 is 1.29. The molecular formula is C21H21FN4O3S2. The molecule has 1 aromatic carbocycles. The van der Waals surface area contributed by atoms with Crippen molar-refractivity contribution >= 4 is 43.0 Å². The Bertz CT molecular complexity index is 1230. The van der Waals surface area contributed by atoms with E-state index in [4.69, 9.17) is 0 Å². The molecule has 0 saturated carbocycles. The minimum absolute atomic E-state index is 0.0298. The minimum atomic E-state index is -3.61. The first-order chi connectivity index (χ1) is 14.9. The molecule has 4 heterocycles. The topological polar surface area (TPSA) is 83.5 Å². The number of carbonyl (C=O) groups is 1. The SMILES string of the molecule is O=C(CCS(=O)(=O)c1cccc2ncsc12)N1C[C@H]2CC[C@@H](C1)N2c1ccncc1F. The highest BCUT2D eigenvalue weighted by Crippen LogP contribution is 2.36. The first kappa shape index (κ1) is 20.3. The molecular weight excluding hydrogens is 439 g/mol.